The summed E-state index contributed by atoms with van der Waals surface area (Å²) in [6.45, 7) is 11.2. The van der Waals surface area contributed by atoms with Gasteiger partial charge in [-0.2, -0.15) is 0 Å². The molecule has 2 heteroatoms. The van der Waals surface area contributed by atoms with Gasteiger partial charge in [0.25, 0.3) is 0 Å². The van der Waals surface area contributed by atoms with Crippen LogP contribution in [0.25, 0.3) is 0 Å². The Morgan fingerprint density at radius 1 is 1.12 bits per heavy atom. The molecule has 1 heterocycles. The van der Waals surface area contributed by atoms with Crippen LogP contribution in [-0.2, 0) is 4.74 Å². The standard InChI is InChI=1S/C10H18.C4H9NO/c1-7-4-5-8-6-9(7)10(8,2)3;1-3-6-4-2-5-1/h7-9H,4-6H2,1-3H3;5H,1-4H2. The first-order valence-corrected chi connectivity index (χ1v) is 6.91. The van der Waals surface area contributed by atoms with Crippen molar-refractivity contribution in [3.63, 3.8) is 0 Å². The SMILES string of the molecule is C1COCCN1.CC1CCC2CC1C2(C)C. The highest BCUT2D eigenvalue weighted by molar-refractivity contribution is 5.01. The zero-order chi connectivity index (χ0) is 11.6. The minimum Gasteiger partial charge on any atom is -0.379 e. The molecule has 0 radical (unpaired) electrons. The maximum absolute atomic E-state index is 5.01. The summed E-state index contributed by atoms with van der Waals surface area (Å²) in [7, 11) is 0. The van der Waals surface area contributed by atoms with Crippen LogP contribution < -0.4 is 5.32 Å². The number of hydrogen-bond donors (Lipinski definition) is 1. The number of rotatable bonds is 0. The maximum atomic E-state index is 5.01. The highest BCUT2D eigenvalue weighted by Gasteiger charge is 2.52. The number of morpholine rings is 1. The van der Waals surface area contributed by atoms with E-state index >= 15 is 0 Å². The van der Waals surface area contributed by atoms with Crippen LogP contribution in [0.3, 0.4) is 0 Å². The molecule has 16 heavy (non-hydrogen) atoms. The molecular weight excluding hydrogens is 198 g/mol. The summed E-state index contributed by atoms with van der Waals surface area (Å²) in [6.07, 6.45) is 4.54. The number of ether oxygens (including phenoxy) is 1. The molecule has 4 rings (SSSR count). The predicted octanol–water partition coefficient (Wildman–Crippen LogP) is 2.68. The lowest BCUT2D eigenvalue weighted by Gasteiger charge is -2.59. The van der Waals surface area contributed by atoms with Crippen molar-refractivity contribution in [3.05, 3.63) is 0 Å². The molecule has 1 saturated heterocycles. The summed E-state index contributed by atoms with van der Waals surface area (Å²) < 4.78 is 5.01. The zero-order valence-electron chi connectivity index (χ0n) is 11.1. The van der Waals surface area contributed by atoms with E-state index in [9.17, 15) is 0 Å². The normalized spacial score (nSPS) is 40.3. The quantitative estimate of drug-likeness (QED) is 0.684. The number of fused-ring (bicyclic) bond motifs is 2. The van der Waals surface area contributed by atoms with Gasteiger partial charge in [0.1, 0.15) is 0 Å². The lowest BCUT2D eigenvalue weighted by Crippen LogP contribution is -2.51. The van der Waals surface area contributed by atoms with Crippen LogP contribution in [0, 0.1) is 23.2 Å². The van der Waals surface area contributed by atoms with Gasteiger partial charge in [-0.15, -0.1) is 0 Å². The summed E-state index contributed by atoms with van der Waals surface area (Å²) in [6, 6.07) is 0. The molecule has 0 amide bonds. The molecule has 4 fully saturated rings. The van der Waals surface area contributed by atoms with Crippen LogP contribution >= 0.6 is 0 Å². The maximum Gasteiger partial charge on any atom is 0.0591 e. The number of nitrogens with one attached hydrogen (secondary N) is 1. The molecule has 1 N–H and O–H groups in total. The molecule has 0 aromatic heterocycles. The van der Waals surface area contributed by atoms with E-state index in [-0.39, 0.29) is 0 Å². The van der Waals surface area contributed by atoms with Crippen LogP contribution in [0.15, 0.2) is 0 Å². The lowest BCUT2D eigenvalue weighted by molar-refractivity contribution is -0.0988. The van der Waals surface area contributed by atoms with Gasteiger partial charge < -0.3 is 10.1 Å². The topological polar surface area (TPSA) is 21.3 Å². The van der Waals surface area contributed by atoms with Crippen molar-refractivity contribution < 1.29 is 4.74 Å². The minimum absolute atomic E-state index is 0.706. The Bertz CT molecular complexity index is 209. The monoisotopic (exact) mass is 225 g/mol. The van der Waals surface area contributed by atoms with Crippen LogP contribution in [-0.4, -0.2) is 26.3 Å². The first kappa shape index (κ1) is 12.4. The van der Waals surface area contributed by atoms with Gasteiger partial charge in [0.2, 0.25) is 0 Å². The van der Waals surface area contributed by atoms with Crippen LogP contribution in [0.4, 0.5) is 0 Å². The average molecular weight is 225 g/mol. The fraction of sp³-hybridized carbons (Fsp3) is 1.00. The van der Waals surface area contributed by atoms with Crippen molar-refractivity contribution in [1.82, 2.24) is 5.32 Å². The van der Waals surface area contributed by atoms with Crippen molar-refractivity contribution in [2.75, 3.05) is 26.3 Å². The summed E-state index contributed by atoms with van der Waals surface area (Å²) >= 11 is 0. The third-order valence-electron chi connectivity index (χ3n) is 5.05. The molecule has 0 aromatic rings. The molecule has 3 atom stereocenters. The second-order valence-corrected chi connectivity index (χ2v) is 6.28. The molecule has 4 aliphatic rings. The Kier molecular flexibility index (Phi) is 3.91. The highest BCUT2D eigenvalue weighted by Crippen LogP contribution is 2.61. The number of hydrogen-bond acceptors (Lipinski definition) is 2. The van der Waals surface area contributed by atoms with Gasteiger partial charge in [0.15, 0.2) is 0 Å². The molecule has 3 saturated carbocycles. The average Bonchev–Trinajstić information content (AvgIpc) is 2.31. The van der Waals surface area contributed by atoms with Crippen molar-refractivity contribution in [1.29, 1.82) is 0 Å². The predicted molar refractivity (Wildman–Crippen MR) is 67.5 cm³/mol. The third kappa shape index (κ3) is 2.43. The van der Waals surface area contributed by atoms with Gasteiger partial charge in [0.05, 0.1) is 13.2 Å². The van der Waals surface area contributed by atoms with Crippen molar-refractivity contribution in [3.8, 4) is 0 Å². The molecule has 1 aliphatic heterocycles. The first-order valence-electron chi connectivity index (χ1n) is 6.91. The van der Waals surface area contributed by atoms with E-state index in [2.05, 4.69) is 26.1 Å². The van der Waals surface area contributed by atoms with Crippen molar-refractivity contribution in [2.45, 2.75) is 40.0 Å². The van der Waals surface area contributed by atoms with Crippen LogP contribution in [0.1, 0.15) is 40.0 Å². The van der Waals surface area contributed by atoms with Crippen LogP contribution in [0.2, 0.25) is 0 Å². The smallest absolute Gasteiger partial charge is 0.0591 e. The lowest BCUT2D eigenvalue weighted by atomic mass is 9.46. The molecule has 3 aliphatic carbocycles. The van der Waals surface area contributed by atoms with Gasteiger partial charge >= 0.3 is 0 Å². The summed E-state index contributed by atoms with van der Waals surface area (Å²) in [5.74, 6) is 3.15. The Morgan fingerprint density at radius 3 is 2.06 bits per heavy atom. The Morgan fingerprint density at radius 2 is 1.81 bits per heavy atom. The van der Waals surface area contributed by atoms with E-state index in [0.29, 0.717) is 5.41 Å². The fourth-order valence-corrected chi connectivity index (χ4v) is 3.69. The van der Waals surface area contributed by atoms with E-state index in [4.69, 9.17) is 4.74 Å². The Balaban J connectivity index is 0.000000138. The van der Waals surface area contributed by atoms with Gasteiger partial charge in [-0.1, -0.05) is 27.2 Å². The second-order valence-electron chi connectivity index (χ2n) is 6.28. The van der Waals surface area contributed by atoms with Gasteiger partial charge in [0, 0.05) is 13.1 Å². The molecule has 3 unspecified atom stereocenters. The van der Waals surface area contributed by atoms with E-state index < -0.39 is 0 Å². The molecule has 0 aromatic carbocycles. The summed E-state index contributed by atoms with van der Waals surface area (Å²) in [5, 5.41) is 3.16. The largest absolute Gasteiger partial charge is 0.379 e. The third-order valence-corrected chi connectivity index (χ3v) is 5.05. The highest BCUT2D eigenvalue weighted by atomic mass is 16.5. The molecule has 94 valence electrons. The zero-order valence-corrected chi connectivity index (χ0v) is 11.1. The van der Waals surface area contributed by atoms with E-state index in [1.165, 1.54) is 19.3 Å². The molecular formula is C14H27NO. The molecule has 2 nitrogen and oxygen atoms in total. The summed E-state index contributed by atoms with van der Waals surface area (Å²) in [5.41, 5.74) is 0.706. The fourth-order valence-electron chi connectivity index (χ4n) is 3.69. The van der Waals surface area contributed by atoms with Gasteiger partial charge in [-0.3, -0.25) is 0 Å². The van der Waals surface area contributed by atoms with E-state index in [1.807, 2.05) is 0 Å². The molecule has 2 bridgehead atoms. The first-order chi connectivity index (χ1) is 7.62. The minimum atomic E-state index is 0.706. The van der Waals surface area contributed by atoms with Gasteiger partial charge in [-0.05, 0) is 36.0 Å². The van der Waals surface area contributed by atoms with E-state index in [0.717, 1.165) is 44.1 Å². The van der Waals surface area contributed by atoms with Crippen molar-refractivity contribution in [2.24, 2.45) is 23.2 Å². The Labute approximate surface area is 100 Å². The molecule has 0 spiro atoms. The second kappa shape index (κ2) is 5.05. The van der Waals surface area contributed by atoms with Crippen LogP contribution in [0.5, 0.6) is 0 Å². The van der Waals surface area contributed by atoms with E-state index in [1.54, 1.807) is 0 Å². The Hall–Kier alpha value is -0.0800. The van der Waals surface area contributed by atoms with Crippen molar-refractivity contribution >= 4 is 0 Å². The summed E-state index contributed by atoms with van der Waals surface area (Å²) in [4.78, 5) is 0. The van der Waals surface area contributed by atoms with Gasteiger partial charge in [-0.25, -0.2) is 0 Å².